The lowest BCUT2D eigenvalue weighted by Crippen LogP contribution is -2.44. The van der Waals surface area contributed by atoms with Crippen LogP contribution < -0.4 is 15.8 Å². The van der Waals surface area contributed by atoms with Gasteiger partial charge in [-0.15, -0.1) is 0 Å². The maximum absolute atomic E-state index is 12.6. The van der Waals surface area contributed by atoms with Crippen molar-refractivity contribution in [1.29, 1.82) is 0 Å². The molecule has 2 aliphatic rings. The molecule has 1 saturated heterocycles. The van der Waals surface area contributed by atoms with Crippen LogP contribution in [0.1, 0.15) is 25.7 Å². The molecule has 148 valence electrons. The van der Waals surface area contributed by atoms with E-state index in [1.807, 2.05) is 0 Å². The molecule has 9 heteroatoms. The number of hydrogen-bond donors (Lipinski definition) is 3. The summed E-state index contributed by atoms with van der Waals surface area (Å²) in [6, 6.07) is 6.12. The summed E-state index contributed by atoms with van der Waals surface area (Å²) in [5.41, 5.74) is 5.75. The number of nitrogens with two attached hydrogens (primary N) is 1. The normalized spacial score (nSPS) is 20.3. The van der Waals surface area contributed by atoms with E-state index < -0.39 is 10.0 Å². The molecule has 0 radical (unpaired) electrons. The molecular weight excluding hydrogens is 368 g/mol. The van der Waals surface area contributed by atoms with E-state index in [-0.39, 0.29) is 41.6 Å². The van der Waals surface area contributed by atoms with Crippen molar-refractivity contribution < 1.29 is 18.0 Å². The smallest absolute Gasteiger partial charge is 0.240 e. The third-order valence-electron chi connectivity index (χ3n) is 4.88. The van der Waals surface area contributed by atoms with Gasteiger partial charge in [-0.1, -0.05) is 6.07 Å². The summed E-state index contributed by atoms with van der Waals surface area (Å²) in [4.78, 5) is 26.7. The van der Waals surface area contributed by atoms with Crippen molar-refractivity contribution in [3.05, 3.63) is 24.3 Å². The van der Waals surface area contributed by atoms with Crippen molar-refractivity contribution in [3.63, 3.8) is 0 Å². The van der Waals surface area contributed by atoms with Crippen LogP contribution in [-0.4, -0.2) is 51.3 Å². The molecule has 1 saturated carbocycles. The van der Waals surface area contributed by atoms with E-state index in [1.165, 1.54) is 12.1 Å². The Morgan fingerprint density at radius 2 is 1.96 bits per heavy atom. The molecule has 1 aromatic carbocycles. The van der Waals surface area contributed by atoms with Crippen molar-refractivity contribution in [2.75, 3.05) is 31.5 Å². The minimum absolute atomic E-state index is 0.0722. The van der Waals surface area contributed by atoms with E-state index in [0.29, 0.717) is 18.8 Å². The van der Waals surface area contributed by atoms with Crippen LogP contribution in [0, 0.1) is 11.8 Å². The van der Waals surface area contributed by atoms with Crippen LogP contribution in [-0.2, 0) is 19.6 Å². The second kappa shape index (κ2) is 8.37. The maximum Gasteiger partial charge on any atom is 0.240 e. The molecule has 3 rings (SSSR count). The Balaban J connectivity index is 1.63. The van der Waals surface area contributed by atoms with Gasteiger partial charge in [0.25, 0.3) is 0 Å². The van der Waals surface area contributed by atoms with Gasteiger partial charge in [0.15, 0.2) is 0 Å². The molecule has 27 heavy (non-hydrogen) atoms. The number of piperidine rings is 1. The molecule has 0 aromatic heterocycles. The second-order valence-corrected chi connectivity index (χ2v) is 8.87. The molecule has 2 fully saturated rings. The zero-order valence-corrected chi connectivity index (χ0v) is 16.0. The number of amides is 2. The van der Waals surface area contributed by atoms with Gasteiger partial charge in [0.1, 0.15) is 0 Å². The molecule has 1 unspecified atom stereocenters. The van der Waals surface area contributed by atoms with Gasteiger partial charge in [0.2, 0.25) is 21.8 Å². The molecule has 1 aliphatic carbocycles. The quantitative estimate of drug-likeness (QED) is 0.622. The molecular formula is C18H26N4O4S. The van der Waals surface area contributed by atoms with Crippen molar-refractivity contribution in [1.82, 2.24) is 9.62 Å². The topological polar surface area (TPSA) is 122 Å². The third-order valence-corrected chi connectivity index (χ3v) is 6.34. The lowest BCUT2D eigenvalue weighted by molar-refractivity contribution is -0.135. The predicted octanol–water partition coefficient (Wildman–Crippen LogP) is 0.511. The molecule has 0 spiro atoms. The van der Waals surface area contributed by atoms with Crippen LogP contribution in [0.4, 0.5) is 5.69 Å². The van der Waals surface area contributed by atoms with Gasteiger partial charge in [-0.2, -0.15) is 0 Å². The minimum atomic E-state index is -3.66. The van der Waals surface area contributed by atoms with Gasteiger partial charge in [-0.3, -0.25) is 9.59 Å². The largest absolute Gasteiger partial charge is 0.342 e. The van der Waals surface area contributed by atoms with Gasteiger partial charge in [-0.25, -0.2) is 13.1 Å². The summed E-state index contributed by atoms with van der Waals surface area (Å²) in [5.74, 6) is -0.161. The molecule has 1 aromatic rings. The zero-order valence-electron chi connectivity index (χ0n) is 15.2. The number of rotatable bonds is 7. The van der Waals surface area contributed by atoms with E-state index in [0.717, 1.165) is 25.7 Å². The minimum Gasteiger partial charge on any atom is -0.342 e. The molecule has 1 aliphatic heterocycles. The highest BCUT2D eigenvalue weighted by molar-refractivity contribution is 7.89. The van der Waals surface area contributed by atoms with Crippen LogP contribution in [0.3, 0.4) is 0 Å². The fraction of sp³-hybridized carbons (Fsp3) is 0.556. The lowest BCUT2D eigenvalue weighted by Gasteiger charge is -2.32. The predicted molar refractivity (Wildman–Crippen MR) is 101 cm³/mol. The Bertz CT molecular complexity index is 807. The highest BCUT2D eigenvalue weighted by atomic mass is 32.2. The van der Waals surface area contributed by atoms with E-state index in [2.05, 4.69) is 10.0 Å². The summed E-state index contributed by atoms with van der Waals surface area (Å²) in [7, 11) is -3.66. The number of carbonyl (C=O) groups excluding carboxylic acids is 2. The average Bonchev–Trinajstić information content (AvgIpc) is 3.51. The van der Waals surface area contributed by atoms with Crippen LogP contribution in [0.2, 0.25) is 0 Å². The lowest BCUT2D eigenvalue weighted by atomic mass is 9.96. The Hall–Kier alpha value is -1.97. The molecule has 1 heterocycles. The number of nitrogens with one attached hydrogen (secondary N) is 2. The number of sulfonamides is 1. The van der Waals surface area contributed by atoms with Crippen molar-refractivity contribution >= 4 is 27.5 Å². The number of benzene rings is 1. The fourth-order valence-electron chi connectivity index (χ4n) is 3.24. The first-order chi connectivity index (χ1) is 12.9. The average molecular weight is 394 g/mol. The van der Waals surface area contributed by atoms with Crippen molar-refractivity contribution in [2.24, 2.45) is 17.6 Å². The highest BCUT2D eigenvalue weighted by Crippen LogP contribution is 2.32. The first-order valence-corrected chi connectivity index (χ1v) is 10.8. The summed E-state index contributed by atoms with van der Waals surface area (Å²) in [6.07, 6.45) is 3.42. The highest BCUT2D eigenvalue weighted by Gasteiger charge is 2.36. The van der Waals surface area contributed by atoms with Gasteiger partial charge < -0.3 is 16.0 Å². The van der Waals surface area contributed by atoms with Gasteiger partial charge in [0.05, 0.1) is 10.8 Å². The standard InChI is InChI=1S/C18H26N4O4S/c19-8-9-20-27(25,26)16-5-1-4-15(11-16)21-17(23)14-3-2-10-22(12-14)18(24)13-6-7-13/h1,4-5,11,13-14,20H,2-3,6-10,12,19H2,(H,21,23). The molecule has 2 amide bonds. The van der Waals surface area contributed by atoms with Crippen LogP contribution in [0.5, 0.6) is 0 Å². The molecule has 8 nitrogen and oxygen atoms in total. The maximum atomic E-state index is 12.6. The van der Waals surface area contributed by atoms with Crippen LogP contribution in [0.15, 0.2) is 29.2 Å². The number of carbonyl (C=O) groups is 2. The van der Waals surface area contributed by atoms with Crippen molar-refractivity contribution in [3.8, 4) is 0 Å². The SMILES string of the molecule is NCCNS(=O)(=O)c1cccc(NC(=O)C2CCCN(C(=O)C3CC3)C2)c1. The summed E-state index contributed by atoms with van der Waals surface area (Å²) < 4.78 is 26.8. The summed E-state index contributed by atoms with van der Waals surface area (Å²) in [6.45, 7) is 1.48. The van der Waals surface area contributed by atoms with Crippen LogP contribution in [0.25, 0.3) is 0 Å². The summed E-state index contributed by atoms with van der Waals surface area (Å²) >= 11 is 0. The molecule has 0 bridgehead atoms. The number of nitrogens with zero attached hydrogens (tertiary/aromatic N) is 1. The molecule has 1 atom stereocenters. The number of hydrogen-bond acceptors (Lipinski definition) is 5. The van der Waals surface area contributed by atoms with E-state index in [1.54, 1.807) is 17.0 Å². The van der Waals surface area contributed by atoms with E-state index in [9.17, 15) is 18.0 Å². The Morgan fingerprint density at radius 1 is 1.19 bits per heavy atom. The fourth-order valence-corrected chi connectivity index (χ4v) is 4.33. The Morgan fingerprint density at radius 3 is 2.67 bits per heavy atom. The van der Waals surface area contributed by atoms with Crippen molar-refractivity contribution in [2.45, 2.75) is 30.6 Å². The molecule has 4 N–H and O–H groups in total. The zero-order chi connectivity index (χ0) is 19.4. The van der Waals surface area contributed by atoms with Gasteiger partial charge >= 0.3 is 0 Å². The number of anilines is 1. The first-order valence-electron chi connectivity index (χ1n) is 9.30. The van der Waals surface area contributed by atoms with Crippen LogP contribution >= 0.6 is 0 Å². The second-order valence-electron chi connectivity index (χ2n) is 7.10. The van der Waals surface area contributed by atoms with E-state index in [4.69, 9.17) is 5.73 Å². The third kappa shape index (κ3) is 5.06. The monoisotopic (exact) mass is 394 g/mol. The number of likely N-dealkylation sites (tertiary alicyclic amines) is 1. The van der Waals surface area contributed by atoms with Gasteiger partial charge in [-0.05, 0) is 43.9 Å². The first kappa shape index (κ1) is 19.8. The summed E-state index contributed by atoms with van der Waals surface area (Å²) in [5, 5.41) is 2.79. The van der Waals surface area contributed by atoms with E-state index >= 15 is 0 Å². The Kier molecular flexibility index (Phi) is 6.13. The van der Waals surface area contributed by atoms with Gasteiger partial charge in [0, 0.05) is 37.8 Å². The Labute approximate surface area is 159 Å².